The zero-order valence-corrected chi connectivity index (χ0v) is 19.4. The van der Waals surface area contributed by atoms with E-state index in [9.17, 15) is 18.7 Å². The molecule has 2 aliphatic heterocycles. The van der Waals surface area contributed by atoms with Gasteiger partial charge in [-0.05, 0) is 30.7 Å². The minimum absolute atomic E-state index is 0.245. The number of nitrogens with two attached hydrogens (primary N) is 1. The van der Waals surface area contributed by atoms with Crippen LogP contribution in [0.15, 0.2) is 30.5 Å². The molecule has 2 fully saturated rings. The van der Waals surface area contributed by atoms with Crippen LogP contribution in [0.3, 0.4) is 0 Å². The molecule has 1 amide bonds. The summed E-state index contributed by atoms with van der Waals surface area (Å²) >= 11 is 0. The van der Waals surface area contributed by atoms with Crippen LogP contribution >= 0.6 is 0 Å². The van der Waals surface area contributed by atoms with E-state index in [-0.39, 0.29) is 6.54 Å². The van der Waals surface area contributed by atoms with E-state index in [0.29, 0.717) is 41.9 Å². The molecular weight excluding hydrogens is 458 g/mol. The van der Waals surface area contributed by atoms with Crippen LogP contribution in [0.4, 0.5) is 8.78 Å². The fourth-order valence-corrected chi connectivity index (χ4v) is 4.71. The van der Waals surface area contributed by atoms with Crippen LogP contribution < -0.4 is 10.5 Å². The number of β-amino-alcohol motifs (C(OH)–C–C–N with tert-alkyl or cyclic N) is 1. The van der Waals surface area contributed by atoms with Crippen molar-refractivity contribution >= 4 is 16.8 Å². The standard InChI is InChI=1S/C24H30F2N6O3/c25-24(26)13-17(14-27)32(16-24)22(33)15-31-9-7-30(8-10-31)6-1-11-35-18-2-3-21-20(12-18)19(23(28)34)4-5-29-21/h2-5,12,17,22,33H,1,6-11,13,15-16H2,(H2,28,34)/t17-,22-/m0/s1. The Balaban J connectivity index is 1.18. The number of primary amides is 1. The van der Waals surface area contributed by atoms with E-state index in [2.05, 4.69) is 9.88 Å². The minimum atomic E-state index is -2.93. The number of hydrogen-bond donors (Lipinski definition) is 2. The number of aromatic nitrogens is 1. The number of carbonyl (C=O) groups is 1. The van der Waals surface area contributed by atoms with Crippen molar-refractivity contribution in [3.05, 3.63) is 36.0 Å². The summed E-state index contributed by atoms with van der Waals surface area (Å²) < 4.78 is 33.1. The van der Waals surface area contributed by atoms with Gasteiger partial charge < -0.3 is 20.5 Å². The quantitative estimate of drug-likeness (QED) is 0.507. The third-order valence-electron chi connectivity index (χ3n) is 6.59. The Morgan fingerprint density at radius 1 is 1.29 bits per heavy atom. The topological polar surface area (TPSA) is 119 Å². The van der Waals surface area contributed by atoms with Gasteiger partial charge in [-0.15, -0.1) is 0 Å². The summed E-state index contributed by atoms with van der Waals surface area (Å²) in [6, 6.07) is 7.90. The van der Waals surface area contributed by atoms with Crippen LogP contribution in [0.2, 0.25) is 0 Å². The molecule has 35 heavy (non-hydrogen) atoms. The first-order chi connectivity index (χ1) is 16.8. The fourth-order valence-electron chi connectivity index (χ4n) is 4.71. The number of aliphatic hydroxyl groups is 1. The van der Waals surface area contributed by atoms with E-state index in [1.165, 1.54) is 4.90 Å². The molecule has 2 saturated heterocycles. The SMILES string of the molecule is N#C[C@@H]1CC(F)(F)CN1[C@@H](O)CN1CCN(CCCOc2ccc3nccc(C(N)=O)c3c2)CC1. The van der Waals surface area contributed by atoms with Gasteiger partial charge in [-0.3, -0.25) is 19.6 Å². The van der Waals surface area contributed by atoms with Gasteiger partial charge in [-0.1, -0.05) is 0 Å². The second-order valence-electron chi connectivity index (χ2n) is 9.10. The van der Waals surface area contributed by atoms with Gasteiger partial charge in [0.25, 0.3) is 5.92 Å². The third-order valence-corrected chi connectivity index (χ3v) is 6.59. The number of amides is 1. The number of halogens is 2. The van der Waals surface area contributed by atoms with E-state index in [1.807, 2.05) is 17.0 Å². The number of ether oxygens (including phenoxy) is 1. The van der Waals surface area contributed by atoms with Crippen LogP contribution in [0.1, 0.15) is 23.2 Å². The van der Waals surface area contributed by atoms with Gasteiger partial charge in [0.05, 0.1) is 30.3 Å². The molecule has 0 saturated carbocycles. The molecule has 0 spiro atoms. The highest BCUT2D eigenvalue weighted by molar-refractivity contribution is 6.05. The number of nitrogens with zero attached hydrogens (tertiary/aromatic N) is 5. The van der Waals surface area contributed by atoms with Crippen molar-refractivity contribution in [2.75, 3.05) is 52.4 Å². The highest BCUT2D eigenvalue weighted by Crippen LogP contribution is 2.32. The molecule has 2 aromatic rings. The lowest BCUT2D eigenvalue weighted by molar-refractivity contribution is -0.0505. The molecule has 0 aliphatic carbocycles. The van der Waals surface area contributed by atoms with Crippen molar-refractivity contribution in [2.45, 2.75) is 31.0 Å². The summed E-state index contributed by atoms with van der Waals surface area (Å²) in [6.07, 6.45) is 0.749. The molecular formula is C24H30F2N6O3. The zero-order valence-electron chi connectivity index (χ0n) is 19.4. The largest absolute Gasteiger partial charge is 0.494 e. The van der Waals surface area contributed by atoms with Crippen LogP contribution in [0.25, 0.3) is 10.9 Å². The van der Waals surface area contributed by atoms with Crippen molar-refractivity contribution in [3.8, 4) is 11.8 Å². The molecule has 3 heterocycles. The third kappa shape index (κ3) is 6.21. The Bertz CT molecular complexity index is 1090. The number of aliphatic hydroxyl groups excluding tert-OH is 1. The lowest BCUT2D eigenvalue weighted by atomic mass is 10.1. The average Bonchev–Trinajstić information content (AvgIpc) is 3.17. The molecule has 0 bridgehead atoms. The highest BCUT2D eigenvalue weighted by atomic mass is 19.3. The summed E-state index contributed by atoms with van der Waals surface area (Å²) in [5.74, 6) is -2.80. The van der Waals surface area contributed by atoms with Crippen molar-refractivity contribution < 1.29 is 23.4 Å². The number of carbonyl (C=O) groups excluding carboxylic acids is 1. The van der Waals surface area contributed by atoms with E-state index in [4.69, 9.17) is 15.7 Å². The predicted molar refractivity (Wildman–Crippen MR) is 125 cm³/mol. The van der Waals surface area contributed by atoms with Crippen molar-refractivity contribution in [1.82, 2.24) is 19.7 Å². The molecule has 1 aromatic heterocycles. The van der Waals surface area contributed by atoms with Crippen molar-refractivity contribution in [3.63, 3.8) is 0 Å². The Labute approximate surface area is 202 Å². The van der Waals surface area contributed by atoms with Crippen LogP contribution in [-0.2, 0) is 0 Å². The van der Waals surface area contributed by atoms with Crippen LogP contribution in [-0.4, -0.2) is 101 Å². The maximum Gasteiger partial charge on any atom is 0.263 e. The first-order valence-corrected chi connectivity index (χ1v) is 11.7. The highest BCUT2D eigenvalue weighted by Gasteiger charge is 2.47. The molecule has 188 valence electrons. The second kappa shape index (κ2) is 10.8. The second-order valence-corrected chi connectivity index (χ2v) is 9.10. The molecule has 0 radical (unpaired) electrons. The molecule has 9 nitrogen and oxygen atoms in total. The van der Waals surface area contributed by atoms with Gasteiger partial charge in [0.2, 0.25) is 5.91 Å². The number of nitriles is 1. The molecule has 3 N–H and O–H groups in total. The van der Waals surface area contributed by atoms with Gasteiger partial charge in [-0.2, -0.15) is 5.26 Å². The van der Waals surface area contributed by atoms with Crippen LogP contribution in [0, 0.1) is 11.3 Å². The van der Waals surface area contributed by atoms with Gasteiger partial charge in [0.15, 0.2) is 0 Å². The van der Waals surface area contributed by atoms with Crippen molar-refractivity contribution in [2.24, 2.45) is 5.73 Å². The smallest absolute Gasteiger partial charge is 0.263 e. The first kappa shape index (κ1) is 25.2. The molecule has 1 aromatic carbocycles. The fraction of sp³-hybridized carbons (Fsp3) is 0.542. The van der Waals surface area contributed by atoms with Crippen molar-refractivity contribution in [1.29, 1.82) is 5.26 Å². The Hall–Kier alpha value is -2.91. The molecule has 2 atom stereocenters. The summed E-state index contributed by atoms with van der Waals surface area (Å²) in [6.45, 7) is 4.05. The van der Waals surface area contributed by atoms with E-state index in [0.717, 1.165) is 26.1 Å². The summed E-state index contributed by atoms with van der Waals surface area (Å²) in [4.78, 5) is 21.4. The maximum atomic E-state index is 13.6. The Kier molecular flexibility index (Phi) is 7.76. The monoisotopic (exact) mass is 488 g/mol. The number of hydrogen-bond acceptors (Lipinski definition) is 8. The minimum Gasteiger partial charge on any atom is -0.494 e. The van der Waals surface area contributed by atoms with Gasteiger partial charge in [-0.25, -0.2) is 8.78 Å². The lowest BCUT2D eigenvalue weighted by Crippen LogP contribution is -2.52. The molecule has 4 rings (SSSR count). The Morgan fingerprint density at radius 3 is 2.74 bits per heavy atom. The number of likely N-dealkylation sites (tertiary alicyclic amines) is 1. The number of pyridine rings is 1. The Morgan fingerprint density at radius 2 is 2.03 bits per heavy atom. The summed E-state index contributed by atoms with van der Waals surface area (Å²) in [7, 11) is 0. The van der Waals surface area contributed by atoms with Gasteiger partial charge in [0.1, 0.15) is 18.0 Å². The molecule has 11 heteroatoms. The molecule has 0 unspecified atom stereocenters. The number of piperazine rings is 1. The molecule has 2 aliphatic rings. The van der Waals surface area contributed by atoms with E-state index >= 15 is 0 Å². The van der Waals surface area contributed by atoms with Gasteiger partial charge >= 0.3 is 0 Å². The predicted octanol–water partition coefficient (Wildman–Crippen LogP) is 1.27. The summed E-state index contributed by atoms with van der Waals surface area (Å²) in [5.41, 5.74) is 6.54. The maximum absolute atomic E-state index is 13.6. The lowest BCUT2D eigenvalue weighted by Gasteiger charge is -2.37. The number of benzene rings is 1. The van der Waals surface area contributed by atoms with E-state index < -0.39 is 37.1 Å². The summed E-state index contributed by atoms with van der Waals surface area (Å²) in [5, 5.41) is 20.2. The van der Waals surface area contributed by atoms with Crippen LogP contribution in [0.5, 0.6) is 5.75 Å². The normalized spacial score (nSPS) is 22.2. The number of alkyl halides is 2. The number of fused-ring (bicyclic) bond motifs is 1. The van der Waals surface area contributed by atoms with E-state index in [1.54, 1.807) is 24.4 Å². The van der Waals surface area contributed by atoms with Gasteiger partial charge in [0, 0.05) is 57.3 Å². The average molecular weight is 489 g/mol. The first-order valence-electron chi connectivity index (χ1n) is 11.7. The zero-order chi connectivity index (χ0) is 25.0. The number of rotatable bonds is 9.